The van der Waals surface area contributed by atoms with Crippen molar-refractivity contribution in [1.82, 2.24) is 0 Å². The summed E-state index contributed by atoms with van der Waals surface area (Å²) in [7, 11) is -3.54. The quantitative estimate of drug-likeness (QED) is 0.528. The average molecular weight is 176 g/mol. The average Bonchev–Trinajstić information content (AvgIpc) is 1.88. The molecule has 64 valence electrons. The van der Waals surface area contributed by atoms with Crippen LogP contribution in [0.4, 0.5) is 0 Å². The molecule has 0 heterocycles. The summed E-state index contributed by atoms with van der Waals surface area (Å²) >= 11 is 0. The molecule has 3 nitrogen and oxygen atoms in total. The minimum Gasteiger partial charge on any atom is -0.321 e. The standard InChI is InChI=1S/C7H13O3P/c1-4-5-6-10-11(8,9)7(2)3/h4-5H,2,6H2,1,3H3,(H,8,9). The molecule has 0 aromatic heterocycles. The molecule has 0 rings (SSSR count). The Hall–Kier alpha value is -0.370. The fourth-order valence-corrected chi connectivity index (χ4v) is 0.859. The van der Waals surface area contributed by atoms with E-state index in [2.05, 4.69) is 11.1 Å². The monoisotopic (exact) mass is 176 g/mol. The van der Waals surface area contributed by atoms with Gasteiger partial charge in [0.2, 0.25) is 0 Å². The van der Waals surface area contributed by atoms with Crippen LogP contribution in [0.3, 0.4) is 0 Å². The zero-order valence-electron chi connectivity index (χ0n) is 6.78. The SMILES string of the molecule is C=C(C)P(=O)(O)OCC=CC. The molecule has 0 spiro atoms. The fourth-order valence-electron chi connectivity index (χ4n) is 0.350. The summed E-state index contributed by atoms with van der Waals surface area (Å²) in [6.45, 7) is 6.77. The highest BCUT2D eigenvalue weighted by Crippen LogP contribution is 2.49. The van der Waals surface area contributed by atoms with Crippen LogP contribution in [-0.2, 0) is 9.09 Å². The molecule has 1 atom stereocenters. The summed E-state index contributed by atoms with van der Waals surface area (Å²) in [6, 6.07) is 0. The Kier molecular flexibility index (Phi) is 4.34. The van der Waals surface area contributed by atoms with Gasteiger partial charge in [0.25, 0.3) is 0 Å². The Bertz CT molecular complexity index is 208. The Balaban J connectivity index is 3.94. The molecule has 0 saturated heterocycles. The van der Waals surface area contributed by atoms with Crippen molar-refractivity contribution in [3.8, 4) is 0 Å². The summed E-state index contributed by atoms with van der Waals surface area (Å²) in [4.78, 5) is 9.02. The van der Waals surface area contributed by atoms with Gasteiger partial charge in [0, 0.05) is 5.31 Å². The minimum absolute atomic E-state index is 0.150. The first kappa shape index (κ1) is 10.6. The lowest BCUT2D eigenvalue weighted by Gasteiger charge is -2.08. The van der Waals surface area contributed by atoms with Crippen LogP contribution in [0.2, 0.25) is 0 Å². The zero-order chi connectivity index (χ0) is 8.91. The number of hydrogen-bond acceptors (Lipinski definition) is 2. The lowest BCUT2D eigenvalue weighted by molar-refractivity contribution is 0.294. The summed E-state index contributed by atoms with van der Waals surface area (Å²) < 4.78 is 15.6. The molecule has 0 saturated carbocycles. The lowest BCUT2D eigenvalue weighted by Crippen LogP contribution is -1.89. The molecule has 0 amide bonds. The first-order valence-corrected chi connectivity index (χ1v) is 4.83. The Morgan fingerprint density at radius 3 is 2.73 bits per heavy atom. The number of hydrogen-bond donors (Lipinski definition) is 1. The van der Waals surface area contributed by atoms with Crippen molar-refractivity contribution < 1.29 is 14.0 Å². The predicted molar refractivity (Wildman–Crippen MR) is 45.4 cm³/mol. The topological polar surface area (TPSA) is 46.5 Å². The van der Waals surface area contributed by atoms with E-state index in [9.17, 15) is 4.57 Å². The zero-order valence-corrected chi connectivity index (χ0v) is 7.67. The summed E-state index contributed by atoms with van der Waals surface area (Å²) in [5, 5.41) is 0.169. The van der Waals surface area contributed by atoms with Crippen molar-refractivity contribution in [1.29, 1.82) is 0 Å². The van der Waals surface area contributed by atoms with E-state index >= 15 is 0 Å². The minimum atomic E-state index is -3.54. The van der Waals surface area contributed by atoms with Gasteiger partial charge < -0.3 is 9.42 Å². The second kappa shape index (κ2) is 4.50. The van der Waals surface area contributed by atoms with E-state index in [0.717, 1.165) is 0 Å². The fraction of sp³-hybridized carbons (Fsp3) is 0.429. The van der Waals surface area contributed by atoms with E-state index < -0.39 is 7.60 Å². The van der Waals surface area contributed by atoms with Gasteiger partial charge >= 0.3 is 7.60 Å². The Labute approximate surface area is 66.9 Å². The van der Waals surface area contributed by atoms with Crippen molar-refractivity contribution in [2.75, 3.05) is 6.61 Å². The lowest BCUT2D eigenvalue weighted by atomic mass is 10.6. The second-order valence-corrected chi connectivity index (χ2v) is 4.18. The van der Waals surface area contributed by atoms with Gasteiger partial charge in [0.05, 0.1) is 6.61 Å². The maximum atomic E-state index is 11.0. The molecule has 0 aliphatic heterocycles. The molecule has 0 fully saturated rings. The molecule has 1 unspecified atom stereocenters. The van der Waals surface area contributed by atoms with E-state index in [4.69, 9.17) is 4.89 Å². The van der Waals surface area contributed by atoms with E-state index in [1.165, 1.54) is 6.92 Å². The van der Waals surface area contributed by atoms with Crippen LogP contribution in [0.5, 0.6) is 0 Å². The predicted octanol–water partition coefficient (Wildman–Crippen LogP) is 2.30. The Morgan fingerprint density at radius 2 is 2.36 bits per heavy atom. The van der Waals surface area contributed by atoms with Crippen LogP contribution in [0.1, 0.15) is 13.8 Å². The molecule has 1 N–H and O–H groups in total. The van der Waals surface area contributed by atoms with Crippen LogP contribution in [0.15, 0.2) is 24.0 Å². The third-order valence-corrected chi connectivity index (χ3v) is 2.53. The molecule has 0 aliphatic rings. The third-order valence-electron chi connectivity index (χ3n) is 1.06. The van der Waals surface area contributed by atoms with Crippen LogP contribution >= 0.6 is 7.60 Å². The van der Waals surface area contributed by atoms with Gasteiger partial charge in [0.1, 0.15) is 0 Å². The van der Waals surface area contributed by atoms with Crippen molar-refractivity contribution in [3.63, 3.8) is 0 Å². The molecule has 0 bridgehead atoms. The van der Waals surface area contributed by atoms with Crippen molar-refractivity contribution >= 4 is 7.60 Å². The Morgan fingerprint density at radius 1 is 1.82 bits per heavy atom. The first-order chi connectivity index (χ1) is 5.00. The third kappa shape index (κ3) is 4.14. The molecule has 0 aromatic rings. The second-order valence-electron chi connectivity index (χ2n) is 2.12. The number of rotatable bonds is 4. The maximum Gasteiger partial charge on any atom is 0.354 e. The van der Waals surface area contributed by atoms with Crippen LogP contribution in [-0.4, -0.2) is 11.5 Å². The van der Waals surface area contributed by atoms with Crippen LogP contribution in [0, 0.1) is 0 Å². The molecular formula is C7H13O3P. The van der Waals surface area contributed by atoms with E-state index in [1.54, 1.807) is 12.2 Å². The summed E-state index contributed by atoms with van der Waals surface area (Å²) in [6.07, 6.45) is 3.41. The van der Waals surface area contributed by atoms with Crippen molar-refractivity contribution in [2.24, 2.45) is 0 Å². The largest absolute Gasteiger partial charge is 0.354 e. The highest BCUT2D eigenvalue weighted by Gasteiger charge is 2.18. The highest BCUT2D eigenvalue weighted by molar-refractivity contribution is 7.57. The highest BCUT2D eigenvalue weighted by atomic mass is 31.2. The molecule has 0 aliphatic carbocycles. The van der Waals surface area contributed by atoms with E-state index in [0.29, 0.717) is 0 Å². The van der Waals surface area contributed by atoms with Gasteiger partial charge in [-0.05, 0) is 13.8 Å². The van der Waals surface area contributed by atoms with Gasteiger partial charge in [-0.1, -0.05) is 18.7 Å². The van der Waals surface area contributed by atoms with E-state index in [1.807, 2.05) is 6.92 Å². The first-order valence-electron chi connectivity index (χ1n) is 3.25. The maximum absolute atomic E-state index is 11.0. The molecule has 0 aromatic carbocycles. The van der Waals surface area contributed by atoms with Gasteiger partial charge in [-0.25, -0.2) is 0 Å². The normalized spacial score (nSPS) is 16.6. The van der Waals surface area contributed by atoms with Gasteiger partial charge in [0.15, 0.2) is 0 Å². The van der Waals surface area contributed by atoms with Gasteiger partial charge in [-0.2, -0.15) is 0 Å². The molecule has 11 heavy (non-hydrogen) atoms. The van der Waals surface area contributed by atoms with Gasteiger partial charge in [-0.15, -0.1) is 0 Å². The van der Waals surface area contributed by atoms with Crippen LogP contribution in [0.25, 0.3) is 0 Å². The summed E-state index contributed by atoms with van der Waals surface area (Å²) in [5.74, 6) is 0. The number of allylic oxidation sites excluding steroid dienone is 2. The molecule has 0 radical (unpaired) electrons. The van der Waals surface area contributed by atoms with Crippen LogP contribution < -0.4 is 0 Å². The van der Waals surface area contributed by atoms with Crippen molar-refractivity contribution in [3.05, 3.63) is 24.0 Å². The smallest absolute Gasteiger partial charge is 0.321 e. The summed E-state index contributed by atoms with van der Waals surface area (Å²) in [5.41, 5.74) is 0. The van der Waals surface area contributed by atoms with E-state index in [-0.39, 0.29) is 11.9 Å². The molecular weight excluding hydrogens is 163 g/mol. The molecule has 4 heteroatoms. The van der Waals surface area contributed by atoms with Crippen molar-refractivity contribution in [2.45, 2.75) is 13.8 Å². The van der Waals surface area contributed by atoms with Gasteiger partial charge in [-0.3, -0.25) is 4.57 Å².